The molecule has 0 saturated heterocycles. The van der Waals surface area contributed by atoms with Crippen LogP contribution in [0.3, 0.4) is 0 Å². The fraction of sp³-hybridized carbons (Fsp3) is 0.286. The first-order valence-electron chi connectivity index (χ1n) is 8.31. The van der Waals surface area contributed by atoms with Gasteiger partial charge in [0.2, 0.25) is 0 Å². The number of aromatic nitrogens is 2. The second-order valence-corrected chi connectivity index (χ2v) is 7.70. The molecule has 0 amide bonds. The molecule has 3 rings (SSSR count). The molecule has 0 fully saturated rings. The van der Waals surface area contributed by atoms with Crippen molar-refractivity contribution >= 4 is 11.6 Å². The third-order valence-electron chi connectivity index (χ3n) is 4.53. The molecule has 2 aromatic carbocycles. The maximum atomic E-state index is 6.63. The Morgan fingerprint density at radius 3 is 1.56 bits per heavy atom. The van der Waals surface area contributed by atoms with Gasteiger partial charge in [-0.1, -0.05) is 0 Å². The summed E-state index contributed by atoms with van der Waals surface area (Å²) in [4.78, 5) is 0. The summed E-state index contributed by atoms with van der Waals surface area (Å²) >= 11 is 12.6. The zero-order valence-corrected chi connectivity index (χ0v) is 17.2. The van der Waals surface area contributed by atoms with E-state index in [1.165, 1.54) is 33.4 Å². The van der Waals surface area contributed by atoms with Gasteiger partial charge in [-0.05, 0) is 0 Å². The van der Waals surface area contributed by atoms with Crippen LogP contribution in [0.15, 0.2) is 30.5 Å². The number of benzene rings is 2. The van der Waals surface area contributed by atoms with Crippen molar-refractivity contribution in [2.75, 3.05) is 0 Å². The molecule has 0 atom stereocenters. The molecule has 0 bridgehead atoms. The molecule has 25 heavy (non-hydrogen) atoms. The zero-order valence-electron chi connectivity index (χ0n) is 15.5. The van der Waals surface area contributed by atoms with E-state index in [2.05, 4.69) is 65.8 Å². The summed E-state index contributed by atoms with van der Waals surface area (Å²) in [5.74, 6) is 0. The molecule has 0 saturated carbocycles. The third kappa shape index (κ3) is 3.17. The summed E-state index contributed by atoms with van der Waals surface area (Å²) in [6.07, 6.45) is 1.92. The van der Waals surface area contributed by atoms with Crippen LogP contribution < -0.4 is 0 Å². The molecule has 136 valence electrons. The van der Waals surface area contributed by atoms with Crippen LogP contribution in [-0.4, -0.2) is 9.13 Å². The molecule has 3 aromatic rings. The predicted octanol–water partition coefficient (Wildman–Crippen LogP) is 5.85. The van der Waals surface area contributed by atoms with E-state index in [-0.39, 0.29) is 0 Å². The standard InChI is InChI=1S/C21H23ClN2.Cu/c1-13-7-15(3)20(16(4)8-13)23-11-19(22)24(12-23)21-17(5)9-14(2)10-18(21)6;/h7-11H,1-6H3;/q;-1. The Morgan fingerprint density at radius 2 is 1.12 bits per heavy atom. The number of aryl methyl sites for hydroxylation is 6. The van der Waals surface area contributed by atoms with Gasteiger partial charge in [0.05, 0.1) is 0 Å². The van der Waals surface area contributed by atoms with Gasteiger partial charge in [-0.2, -0.15) is 0 Å². The average molecular weight is 402 g/mol. The van der Waals surface area contributed by atoms with E-state index in [1.54, 1.807) is 0 Å². The van der Waals surface area contributed by atoms with Gasteiger partial charge in [-0.3, -0.25) is 0 Å². The summed E-state index contributed by atoms with van der Waals surface area (Å²) in [5, 5.41) is 0.619. The van der Waals surface area contributed by atoms with Gasteiger partial charge in [0.15, 0.2) is 0 Å². The Kier molecular flexibility index (Phi) is 4.85. The van der Waals surface area contributed by atoms with Crippen molar-refractivity contribution in [3.63, 3.8) is 0 Å². The quantitative estimate of drug-likeness (QED) is 0.476. The second kappa shape index (κ2) is 6.64. The monoisotopic (exact) mass is 401 g/mol. The van der Waals surface area contributed by atoms with Crippen LogP contribution >= 0.6 is 11.6 Å². The second-order valence-electron chi connectivity index (χ2n) is 6.89. The van der Waals surface area contributed by atoms with Gasteiger partial charge in [-0.25, -0.2) is 0 Å². The van der Waals surface area contributed by atoms with Gasteiger partial charge >= 0.3 is 163 Å². The first kappa shape index (κ1) is 18.3. The van der Waals surface area contributed by atoms with Crippen LogP contribution in [0, 0.1) is 45.9 Å². The van der Waals surface area contributed by atoms with E-state index < -0.39 is 0 Å². The molecule has 0 aliphatic carbocycles. The number of hydrogen-bond acceptors (Lipinski definition) is 0. The minimum absolute atomic E-state index is 0.619. The number of halogens is 1. The molecule has 1 aromatic heterocycles. The summed E-state index contributed by atoms with van der Waals surface area (Å²) in [6.45, 7) is 12.6. The normalized spacial score (nSPS) is 11.2. The topological polar surface area (TPSA) is 9.86 Å². The van der Waals surface area contributed by atoms with Crippen LogP contribution in [0.25, 0.3) is 11.4 Å². The number of imidazole rings is 1. The molecule has 0 N–H and O–H groups in total. The van der Waals surface area contributed by atoms with E-state index in [4.69, 9.17) is 27.2 Å². The summed E-state index contributed by atoms with van der Waals surface area (Å²) < 4.78 is 4.65. The third-order valence-corrected chi connectivity index (χ3v) is 5.24. The fourth-order valence-electron chi connectivity index (χ4n) is 3.82. The van der Waals surface area contributed by atoms with Crippen LogP contribution in [-0.2, 0) is 15.6 Å². The van der Waals surface area contributed by atoms with E-state index >= 15 is 0 Å². The molecule has 1 heterocycles. The molecule has 0 aliphatic heterocycles. The predicted molar refractivity (Wildman–Crippen MR) is 102 cm³/mol. The van der Waals surface area contributed by atoms with Crippen molar-refractivity contribution in [2.24, 2.45) is 0 Å². The van der Waals surface area contributed by atoms with Crippen LogP contribution in [0.4, 0.5) is 0 Å². The average Bonchev–Trinajstić information content (AvgIpc) is 2.73. The van der Waals surface area contributed by atoms with E-state index in [1.807, 2.05) is 15.3 Å². The zero-order chi connectivity index (χ0) is 18.5. The van der Waals surface area contributed by atoms with E-state index in [0.29, 0.717) is 9.48 Å². The van der Waals surface area contributed by atoms with Gasteiger partial charge in [0, 0.05) is 0 Å². The molecule has 0 aliphatic rings. The van der Waals surface area contributed by atoms with Crippen molar-refractivity contribution in [1.82, 2.24) is 9.13 Å². The van der Waals surface area contributed by atoms with Gasteiger partial charge in [0.25, 0.3) is 0 Å². The molecule has 0 spiro atoms. The van der Waals surface area contributed by atoms with E-state index in [0.717, 1.165) is 11.4 Å². The van der Waals surface area contributed by atoms with Gasteiger partial charge in [0.1, 0.15) is 0 Å². The van der Waals surface area contributed by atoms with Gasteiger partial charge in [-0.15, -0.1) is 0 Å². The molecule has 0 radical (unpaired) electrons. The Morgan fingerprint density at radius 1 is 0.720 bits per heavy atom. The molecule has 4 heteroatoms. The van der Waals surface area contributed by atoms with Crippen molar-refractivity contribution in [1.29, 1.82) is 0 Å². The van der Waals surface area contributed by atoms with Gasteiger partial charge < -0.3 is 0 Å². The van der Waals surface area contributed by atoms with Crippen LogP contribution in [0.1, 0.15) is 33.4 Å². The first-order chi connectivity index (χ1) is 11.7. The van der Waals surface area contributed by atoms with Crippen molar-refractivity contribution < 1.29 is 15.6 Å². The number of hydrogen-bond donors (Lipinski definition) is 0. The fourth-order valence-corrected chi connectivity index (χ4v) is 4.51. The van der Waals surface area contributed by atoms with Crippen LogP contribution in [0.5, 0.6) is 0 Å². The van der Waals surface area contributed by atoms with Crippen molar-refractivity contribution in [3.8, 4) is 11.4 Å². The maximum absolute atomic E-state index is 6.63. The number of nitrogens with zero attached hydrogens (tertiary/aromatic N) is 2. The van der Waals surface area contributed by atoms with Crippen molar-refractivity contribution in [3.05, 3.63) is 73.3 Å². The summed E-state index contributed by atoms with van der Waals surface area (Å²) in [5.41, 5.74) is 9.38. The van der Waals surface area contributed by atoms with Crippen molar-refractivity contribution in [2.45, 2.75) is 41.5 Å². The SMILES string of the molecule is Cc1cc(C)c(-n2cc(Cl)n(-c3c(C)cc(C)cc3C)[c]2=[Cu-])c(C)c1. The molecular formula is C21H23ClCuN2-. The first-order valence-corrected chi connectivity index (χ1v) is 9.16. The minimum atomic E-state index is 0.619. The Labute approximate surface area is 162 Å². The molecular weight excluding hydrogens is 379 g/mol. The Hall–Kier alpha value is -1.54. The molecule has 2 nitrogen and oxygen atoms in total. The Bertz CT molecular complexity index is 995. The van der Waals surface area contributed by atoms with E-state index in [9.17, 15) is 0 Å². The van der Waals surface area contributed by atoms with Crippen LogP contribution in [0.2, 0.25) is 5.15 Å². The Balaban J connectivity index is 2.31. The summed E-state index contributed by atoms with van der Waals surface area (Å²) in [7, 11) is 0. The molecule has 0 unspecified atom stereocenters. The summed E-state index contributed by atoms with van der Waals surface area (Å²) in [6, 6.07) is 8.68. The number of rotatable bonds is 2.